The summed E-state index contributed by atoms with van der Waals surface area (Å²) in [6.07, 6.45) is 3.77. The van der Waals surface area contributed by atoms with Gasteiger partial charge in [-0.1, -0.05) is 0 Å². The van der Waals surface area contributed by atoms with E-state index in [9.17, 15) is 24.3 Å². The first-order chi connectivity index (χ1) is 11.4. The van der Waals surface area contributed by atoms with Crippen molar-refractivity contribution in [3.8, 4) is 0 Å². The Labute approximate surface area is 136 Å². The molecule has 0 fully saturated rings. The second-order valence-corrected chi connectivity index (χ2v) is 4.89. The van der Waals surface area contributed by atoms with Gasteiger partial charge in [-0.15, -0.1) is 0 Å². The molecule has 0 aliphatic carbocycles. The minimum atomic E-state index is -1.39. The summed E-state index contributed by atoms with van der Waals surface area (Å²) in [5.74, 6) is -2.95. The summed E-state index contributed by atoms with van der Waals surface area (Å²) in [5, 5.41) is 22.1. The standard InChI is InChI=1S/C13H18N5O6/c14-9(1-7-3-15-6-16-7)12(23)18-10(5-20)13(24)17-8(4-19)2-11(21)22/h3,6,8-10,20H,1-2,5,14H2,(H,15,16)(H,17,24)(H,18,23)(H,21,22)/t8-,9-,10-/m0/s1. The van der Waals surface area contributed by atoms with Gasteiger partial charge in [-0.05, 0) is 0 Å². The van der Waals surface area contributed by atoms with Crippen LogP contribution < -0.4 is 16.4 Å². The molecule has 7 N–H and O–H groups in total. The number of hydrogen-bond acceptors (Lipinski definition) is 7. The Morgan fingerprint density at radius 3 is 2.54 bits per heavy atom. The smallest absolute Gasteiger partial charge is 0.305 e. The summed E-state index contributed by atoms with van der Waals surface area (Å²) in [5.41, 5.74) is 6.23. The molecule has 0 bridgehead atoms. The number of carbonyl (C=O) groups excluding carboxylic acids is 3. The monoisotopic (exact) mass is 340 g/mol. The summed E-state index contributed by atoms with van der Waals surface area (Å²) >= 11 is 0. The predicted octanol–water partition coefficient (Wildman–Crippen LogP) is -3.17. The van der Waals surface area contributed by atoms with Gasteiger partial charge in [0.05, 0.1) is 31.1 Å². The first-order valence-corrected chi connectivity index (χ1v) is 6.91. The highest BCUT2D eigenvalue weighted by molar-refractivity contribution is 5.91. The molecule has 0 aliphatic rings. The molecule has 2 amide bonds. The quantitative estimate of drug-likeness (QED) is 0.257. The molecule has 11 heteroatoms. The number of nitrogens with one attached hydrogen (secondary N) is 3. The number of carboxylic acids is 1. The van der Waals surface area contributed by atoms with E-state index in [1.165, 1.54) is 12.6 Å². The van der Waals surface area contributed by atoms with Crippen molar-refractivity contribution in [2.24, 2.45) is 5.73 Å². The lowest BCUT2D eigenvalue weighted by atomic mass is 10.1. The van der Waals surface area contributed by atoms with Gasteiger partial charge in [0.25, 0.3) is 0 Å². The molecule has 1 radical (unpaired) electrons. The third-order valence-electron chi connectivity index (χ3n) is 2.97. The van der Waals surface area contributed by atoms with Crippen molar-refractivity contribution in [1.82, 2.24) is 20.6 Å². The average molecular weight is 340 g/mol. The van der Waals surface area contributed by atoms with Gasteiger partial charge < -0.3 is 31.6 Å². The second-order valence-electron chi connectivity index (χ2n) is 4.89. The molecule has 0 aliphatic heterocycles. The van der Waals surface area contributed by atoms with E-state index in [0.717, 1.165) is 0 Å². The van der Waals surface area contributed by atoms with Crippen LogP contribution in [0.4, 0.5) is 0 Å². The molecule has 0 spiro atoms. The third kappa shape index (κ3) is 6.14. The number of nitrogens with two attached hydrogens (primary N) is 1. The van der Waals surface area contributed by atoms with Crippen molar-refractivity contribution < 1.29 is 29.4 Å². The molecule has 3 atom stereocenters. The highest BCUT2D eigenvalue weighted by atomic mass is 16.4. The summed E-state index contributed by atoms with van der Waals surface area (Å²) in [6, 6.07) is -3.78. The topological polar surface area (TPSA) is 188 Å². The first-order valence-electron chi connectivity index (χ1n) is 6.91. The maximum absolute atomic E-state index is 11.9. The lowest BCUT2D eigenvalue weighted by Gasteiger charge is -2.20. The van der Waals surface area contributed by atoms with Crippen LogP contribution in [0.2, 0.25) is 0 Å². The Morgan fingerprint density at radius 1 is 1.33 bits per heavy atom. The molecule has 1 aromatic heterocycles. The molecule has 131 valence electrons. The minimum absolute atomic E-state index is 0.110. The minimum Gasteiger partial charge on any atom is -0.481 e. The molecule has 1 aromatic rings. The fourth-order valence-corrected chi connectivity index (χ4v) is 1.76. The zero-order chi connectivity index (χ0) is 18.1. The molecule has 0 saturated heterocycles. The van der Waals surface area contributed by atoms with E-state index in [1.807, 2.05) is 0 Å². The van der Waals surface area contributed by atoms with E-state index in [-0.39, 0.29) is 6.42 Å². The van der Waals surface area contributed by atoms with Crippen LogP contribution >= 0.6 is 0 Å². The lowest BCUT2D eigenvalue weighted by Crippen LogP contribution is -2.55. The third-order valence-corrected chi connectivity index (χ3v) is 2.97. The number of aliphatic hydroxyl groups excluding tert-OH is 1. The van der Waals surface area contributed by atoms with E-state index in [4.69, 9.17) is 10.8 Å². The van der Waals surface area contributed by atoms with Crippen molar-refractivity contribution in [3.05, 3.63) is 18.2 Å². The molecule has 0 aromatic carbocycles. The number of nitrogens with zero attached hydrogens (tertiary/aromatic N) is 1. The second kappa shape index (κ2) is 9.37. The maximum Gasteiger partial charge on any atom is 0.305 e. The van der Waals surface area contributed by atoms with Gasteiger partial charge in [0.1, 0.15) is 12.1 Å². The summed E-state index contributed by atoms with van der Waals surface area (Å²) in [7, 11) is 0. The van der Waals surface area contributed by atoms with E-state index < -0.39 is 48.9 Å². The van der Waals surface area contributed by atoms with Gasteiger partial charge in [0.15, 0.2) is 0 Å². The number of aliphatic hydroxyl groups is 1. The van der Waals surface area contributed by atoms with Gasteiger partial charge in [-0.2, -0.15) is 0 Å². The Kier molecular flexibility index (Phi) is 7.52. The van der Waals surface area contributed by atoms with Crippen LogP contribution in [-0.4, -0.2) is 69.0 Å². The average Bonchev–Trinajstić information content (AvgIpc) is 3.03. The Hall–Kier alpha value is -2.79. The van der Waals surface area contributed by atoms with Crippen LogP contribution in [0, 0.1) is 0 Å². The fourth-order valence-electron chi connectivity index (χ4n) is 1.76. The largest absolute Gasteiger partial charge is 0.481 e. The highest BCUT2D eigenvalue weighted by Crippen LogP contribution is 1.98. The number of aliphatic carboxylic acids is 1. The van der Waals surface area contributed by atoms with Crippen molar-refractivity contribution >= 4 is 24.1 Å². The number of aromatic amines is 1. The number of carboxylic acid groups (broad SMARTS) is 1. The summed E-state index contributed by atoms with van der Waals surface area (Å²) < 4.78 is 0. The van der Waals surface area contributed by atoms with Crippen LogP contribution in [0.15, 0.2) is 12.5 Å². The van der Waals surface area contributed by atoms with Crippen molar-refractivity contribution in [2.75, 3.05) is 6.61 Å². The van der Waals surface area contributed by atoms with E-state index in [1.54, 1.807) is 6.20 Å². The number of rotatable bonds is 10. The Morgan fingerprint density at radius 2 is 2.04 bits per heavy atom. The van der Waals surface area contributed by atoms with Crippen molar-refractivity contribution in [3.63, 3.8) is 0 Å². The number of H-pyrrole nitrogens is 1. The maximum atomic E-state index is 11.9. The molecule has 0 unspecified atom stereocenters. The molecule has 1 rings (SSSR count). The lowest BCUT2D eigenvalue weighted by molar-refractivity contribution is -0.137. The van der Waals surface area contributed by atoms with Gasteiger partial charge in [-0.3, -0.25) is 19.2 Å². The molecular formula is C13H18N5O6. The number of carbonyl (C=O) groups is 3. The van der Waals surface area contributed by atoms with Gasteiger partial charge in [0.2, 0.25) is 18.1 Å². The van der Waals surface area contributed by atoms with E-state index in [2.05, 4.69) is 20.6 Å². The van der Waals surface area contributed by atoms with Crippen LogP contribution in [0.25, 0.3) is 0 Å². The molecular weight excluding hydrogens is 322 g/mol. The number of amides is 2. The first kappa shape index (κ1) is 19.3. The van der Waals surface area contributed by atoms with Crippen molar-refractivity contribution in [1.29, 1.82) is 0 Å². The van der Waals surface area contributed by atoms with Crippen LogP contribution in [0.1, 0.15) is 12.1 Å². The van der Waals surface area contributed by atoms with Gasteiger partial charge >= 0.3 is 5.97 Å². The summed E-state index contributed by atoms with van der Waals surface area (Å²) in [4.78, 5) is 51.6. The van der Waals surface area contributed by atoms with E-state index in [0.29, 0.717) is 5.69 Å². The van der Waals surface area contributed by atoms with Crippen molar-refractivity contribution in [2.45, 2.75) is 31.0 Å². The molecule has 0 saturated carbocycles. The van der Waals surface area contributed by atoms with Gasteiger partial charge in [0, 0.05) is 12.6 Å². The Balaban J connectivity index is 2.57. The number of imidazole rings is 1. The number of hydrogen-bond donors (Lipinski definition) is 6. The Bertz CT molecular complexity index is 575. The molecule has 24 heavy (non-hydrogen) atoms. The SMILES string of the molecule is N[C@@H](Cc1c[nH]cn1)C(=O)N[C@@H](CO)C(=O)N[C@H]([C]=O)CC(=O)O. The van der Waals surface area contributed by atoms with Crippen LogP contribution in [0.5, 0.6) is 0 Å². The molecule has 11 nitrogen and oxygen atoms in total. The summed E-state index contributed by atoms with van der Waals surface area (Å²) in [6.45, 7) is -0.759. The fraction of sp³-hybridized carbons (Fsp3) is 0.462. The predicted molar refractivity (Wildman–Crippen MR) is 79.2 cm³/mol. The van der Waals surface area contributed by atoms with E-state index >= 15 is 0 Å². The highest BCUT2D eigenvalue weighted by Gasteiger charge is 2.26. The zero-order valence-corrected chi connectivity index (χ0v) is 12.6. The van der Waals surface area contributed by atoms with Gasteiger partial charge in [-0.25, -0.2) is 4.98 Å². The molecule has 1 heterocycles. The normalized spacial score (nSPS) is 14.2. The van der Waals surface area contributed by atoms with Crippen LogP contribution in [-0.2, 0) is 25.6 Å². The zero-order valence-electron chi connectivity index (χ0n) is 12.6. The van der Waals surface area contributed by atoms with Crippen LogP contribution in [0.3, 0.4) is 0 Å². The number of aromatic nitrogens is 2.